The van der Waals surface area contributed by atoms with Crippen LogP contribution < -0.4 is 4.89 Å². The molecule has 0 aromatic heterocycles. The van der Waals surface area contributed by atoms with E-state index >= 15 is 0 Å². The van der Waals surface area contributed by atoms with E-state index in [2.05, 4.69) is 86.8 Å². The van der Waals surface area contributed by atoms with Gasteiger partial charge in [0.15, 0.2) is 0 Å². The third kappa shape index (κ3) is 54.7. The normalized spacial score (nSPS) is 14.1. The number of hydrogen-bond acceptors (Lipinski definition) is 7. The predicted molar refractivity (Wildman–Crippen MR) is 286 cm³/mol. The highest BCUT2D eigenvalue weighted by Gasteiger charge is 2.20. The van der Waals surface area contributed by atoms with Gasteiger partial charge in [0.25, 0.3) is 7.82 Å². The first-order chi connectivity index (χ1) is 32.6. The summed E-state index contributed by atoms with van der Waals surface area (Å²) in [6.07, 6.45) is 66.4. The third-order valence-electron chi connectivity index (χ3n) is 11.7. The summed E-state index contributed by atoms with van der Waals surface area (Å²) in [5, 5.41) is 0. The van der Waals surface area contributed by atoms with Gasteiger partial charge in [0, 0.05) is 13.0 Å². The molecule has 9 heteroatoms. The fraction of sp³-hybridized carbons (Fsp3) is 0.776. The van der Waals surface area contributed by atoms with E-state index in [1.54, 1.807) is 0 Å². The van der Waals surface area contributed by atoms with Gasteiger partial charge in [0.05, 0.1) is 34.4 Å². The van der Waals surface area contributed by atoms with E-state index in [9.17, 15) is 14.3 Å². The number of carbonyl (C=O) groups excluding carboxylic acids is 1. The number of carbonyl (C=O) groups is 1. The van der Waals surface area contributed by atoms with Gasteiger partial charge in [0.2, 0.25) is 0 Å². The molecule has 0 saturated carbocycles. The molecule has 0 heterocycles. The maximum atomic E-state index is 12.8. The van der Waals surface area contributed by atoms with Gasteiger partial charge in [0.1, 0.15) is 19.3 Å². The van der Waals surface area contributed by atoms with Crippen LogP contribution in [-0.4, -0.2) is 70.7 Å². The number of likely N-dealkylation sites (N-methyl/N-ethyl adjacent to an activating group) is 1. The monoisotopic (exact) mass is 960 g/mol. The van der Waals surface area contributed by atoms with Gasteiger partial charge in [-0.2, -0.15) is 0 Å². The lowest BCUT2D eigenvalue weighted by Gasteiger charge is -2.28. The fourth-order valence-electron chi connectivity index (χ4n) is 7.44. The molecule has 0 aromatic rings. The topological polar surface area (TPSA) is 94.1 Å². The Morgan fingerprint density at radius 1 is 0.463 bits per heavy atom. The highest BCUT2D eigenvalue weighted by atomic mass is 31.2. The second-order valence-electron chi connectivity index (χ2n) is 19.6. The van der Waals surface area contributed by atoms with Crippen LogP contribution in [0.15, 0.2) is 72.9 Å². The average molecular weight is 960 g/mol. The summed E-state index contributed by atoms with van der Waals surface area (Å²) in [4.78, 5) is 25.2. The maximum absolute atomic E-state index is 12.8. The first-order valence-electron chi connectivity index (χ1n) is 27.7. The molecule has 8 nitrogen and oxygen atoms in total. The van der Waals surface area contributed by atoms with Crippen molar-refractivity contribution in [3.8, 4) is 0 Å². The highest BCUT2D eigenvalue weighted by Crippen LogP contribution is 2.38. The lowest BCUT2D eigenvalue weighted by molar-refractivity contribution is -0.870. The Morgan fingerprint density at radius 3 is 1.22 bits per heavy atom. The highest BCUT2D eigenvalue weighted by molar-refractivity contribution is 7.45. The molecular formula is C58H106NO7P. The molecule has 0 saturated heterocycles. The van der Waals surface area contributed by atoms with E-state index in [0.29, 0.717) is 24.1 Å². The minimum Gasteiger partial charge on any atom is -0.756 e. The molecule has 0 radical (unpaired) electrons. The van der Waals surface area contributed by atoms with Crippen molar-refractivity contribution < 1.29 is 37.3 Å². The minimum atomic E-state index is -4.54. The van der Waals surface area contributed by atoms with Crippen molar-refractivity contribution in [2.75, 3.05) is 54.1 Å². The van der Waals surface area contributed by atoms with Gasteiger partial charge in [-0.3, -0.25) is 9.36 Å². The van der Waals surface area contributed by atoms with E-state index in [-0.39, 0.29) is 25.8 Å². The van der Waals surface area contributed by atoms with Crippen LogP contribution in [0.1, 0.15) is 232 Å². The van der Waals surface area contributed by atoms with E-state index in [4.69, 9.17) is 18.5 Å². The fourth-order valence-corrected chi connectivity index (χ4v) is 8.17. The first-order valence-corrected chi connectivity index (χ1v) is 29.1. The number of hydrogen-bond donors (Lipinski definition) is 0. The van der Waals surface area contributed by atoms with Crippen LogP contribution in [-0.2, 0) is 27.9 Å². The quantitative estimate of drug-likeness (QED) is 0.0197. The maximum Gasteiger partial charge on any atom is 0.306 e. The van der Waals surface area contributed by atoms with Crippen LogP contribution in [0.2, 0.25) is 0 Å². The SMILES string of the molecule is CCCCCCC/C=C\C/C=C\C/C=C\CCCCCCCCCCC(=O)OC(COCCCCCCCCC/C=C\C/C=C\C/C=C\CCCCCCC)COP(=O)([O-])OCC[N+](C)(C)C. The van der Waals surface area contributed by atoms with Crippen molar-refractivity contribution in [1.29, 1.82) is 0 Å². The Morgan fingerprint density at radius 2 is 0.821 bits per heavy atom. The van der Waals surface area contributed by atoms with Crippen molar-refractivity contribution in [3.05, 3.63) is 72.9 Å². The number of unbranched alkanes of at least 4 members (excludes halogenated alkanes) is 25. The summed E-state index contributed by atoms with van der Waals surface area (Å²) in [6.45, 7) is 5.37. The Hall–Kier alpha value is -2.06. The Kier molecular flexibility index (Phi) is 48.8. The summed E-state index contributed by atoms with van der Waals surface area (Å²) < 4.78 is 34.8. The molecule has 390 valence electrons. The Bertz CT molecular complexity index is 1300. The molecule has 0 fully saturated rings. The van der Waals surface area contributed by atoms with Crippen molar-refractivity contribution in [2.45, 2.75) is 238 Å². The van der Waals surface area contributed by atoms with Crippen molar-refractivity contribution >= 4 is 13.8 Å². The summed E-state index contributed by atoms with van der Waals surface area (Å²) in [5.74, 6) is -0.345. The molecule has 0 rings (SSSR count). The Labute approximate surface area is 414 Å². The smallest absolute Gasteiger partial charge is 0.306 e. The molecule has 0 bridgehead atoms. The van der Waals surface area contributed by atoms with Crippen molar-refractivity contribution in [3.63, 3.8) is 0 Å². The van der Waals surface area contributed by atoms with Crippen LogP contribution >= 0.6 is 7.82 Å². The predicted octanol–water partition coefficient (Wildman–Crippen LogP) is 16.8. The molecule has 0 aliphatic heterocycles. The molecule has 0 amide bonds. The zero-order chi connectivity index (χ0) is 49.0. The van der Waals surface area contributed by atoms with Crippen LogP contribution in [0, 0.1) is 0 Å². The molecule has 2 unspecified atom stereocenters. The van der Waals surface area contributed by atoms with Gasteiger partial charge in [-0.15, -0.1) is 0 Å². The number of rotatable bonds is 51. The molecule has 0 aromatic carbocycles. The second kappa shape index (κ2) is 50.3. The molecule has 67 heavy (non-hydrogen) atoms. The van der Waals surface area contributed by atoms with Gasteiger partial charge in [-0.05, 0) is 89.9 Å². The number of phosphoric acid groups is 1. The second-order valence-corrected chi connectivity index (χ2v) is 21.0. The standard InChI is InChI=1S/C58H106NO7P/c1-6-8-10-12-14-16-18-20-22-24-26-28-30-31-33-35-37-39-41-43-45-47-49-51-58(60)66-57(56-65-67(61,62)64-54-52-59(3,4)5)55-63-53-50-48-46-44-42-40-38-36-34-32-29-27-25-23-21-19-17-15-13-11-9-7-2/h18-21,24-27,30-32,34,57H,6-17,22-23,28-29,33,35-56H2,1-5H3/b20-18-,21-19-,26-24-,27-25-,31-30-,34-32-. The number of ether oxygens (including phenoxy) is 2. The summed E-state index contributed by atoms with van der Waals surface area (Å²) in [6, 6.07) is 0. The van der Waals surface area contributed by atoms with Gasteiger partial charge < -0.3 is 27.9 Å². The van der Waals surface area contributed by atoms with E-state index in [1.165, 1.54) is 135 Å². The van der Waals surface area contributed by atoms with E-state index in [1.807, 2.05) is 21.1 Å². The summed E-state index contributed by atoms with van der Waals surface area (Å²) in [5.41, 5.74) is 0. The minimum absolute atomic E-state index is 0.0191. The van der Waals surface area contributed by atoms with Crippen LogP contribution in [0.3, 0.4) is 0 Å². The Balaban J connectivity index is 4.17. The molecule has 0 N–H and O–H groups in total. The molecule has 2 atom stereocenters. The number of nitrogens with zero attached hydrogens (tertiary/aromatic N) is 1. The average Bonchev–Trinajstić information content (AvgIpc) is 3.29. The van der Waals surface area contributed by atoms with Crippen molar-refractivity contribution in [2.24, 2.45) is 0 Å². The third-order valence-corrected chi connectivity index (χ3v) is 12.7. The molecule has 0 aliphatic carbocycles. The van der Waals surface area contributed by atoms with E-state index in [0.717, 1.165) is 77.0 Å². The lowest BCUT2D eigenvalue weighted by Crippen LogP contribution is -2.37. The van der Waals surface area contributed by atoms with Gasteiger partial charge >= 0.3 is 5.97 Å². The first kappa shape index (κ1) is 64.9. The van der Waals surface area contributed by atoms with Crippen LogP contribution in [0.5, 0.6) is 0 Å². The van der Waals surface area contributed by atoms with Gasteiger partial charge in [-0.25, -0.2) is 0 Å². The number of quaternary nitrogens is 1. The number of allylic oxidation sites excluding steroid dienone is 12. The largest absolute Gasteiger partial charge is 0.756 e. The van der Waals surface area contributed by atoms with Crippen LogP contribution in [0.25, 0.3) is 0 Å². The van der Waals surface area contributed by atoms with Gasteiger partial charge in [-0.1, -0.05) is 209 Å². The molecule has 0 aliphatic rings. The zero-order valence-corrected chi connectivity index (χ0v) is 45.2. The van der Waals surface area contributed by atoms with E-state index < -0.39 is 13.9 Å². The lowest BCUT2D eigenvalue weighted by atomic mass is 10.1. The number of phosphoric ester groups is 1. The summed E-state index contributed by atoms with van der Waals surface area (Å²) in [7, 11) is 1.34. The number of esters is 1. The van der Waals surface area contributed by atoms with Crippen LogP contribution in [0.4, 0.5) is 0 Å². The zero-order valence-electron chi connectivity index (χ0n) is 44.3. The molecular weight excluding hydrogens is 854 g/mol. The van der Waals surface area contributed by atoms with Crippen molar-refractivity contribution in [1.82, 2.24) is 0 Å². The summed E-state index contributed by atoms with van der Waals surface area (Å²) >= 11 is 0. The molecule has 0 spiro atoms.